The molecule has 2 aromatic carbocycles. The van der Waals surface area contributed by atoms with E-state index in [9.17, 15) is 19.5 Å². The minimum absolute atomic E-state index is 0.253. The van der Waals surface area contributed by atoms with Crippen LogP contribution in [0.25, 0.3) is 0 Å². The third-order valence-electron chi connectivity index (χ3n) is 3.89. The maximum Gasteiger partial charge on any atom is 0.334 e. The second-order valence-electron chi connectivity index (χ2n) is 5.44. The largest absolute Gasteiger partial charge is 0.479 e. The Bertz CT molecular complexity index is 835. The quantitative estimate of drug-likeness (QED) is 0.796. The van der Waals surface area contributed by atoms with Crippen molar-refractivity contribution in [2.24, 2.45) is 0 Å². The van der Waals surface area contributed by atoms with E-state index in [1.54, 1.807) is 24.3 Å². The zero-order valence-electron chi connectivity index (χ0n) is 12.4. The topological polar surface area (TPSA) is 95.5 Å². The van der Waals surface area contributed by atoms with Crippen LogP contribution < -0.4 is 10.6 Å². The first kappa shape index (κ1) is 16.0. The molecule has 3 N–H and O–H groups in total. The number of nitrogens with one attached hydrogen (secondary N) is 2. The molecule has 0 saturated carbocycles. The van der Waals surface area contributed by atoms with E-state index < -0.39 is 29.7 Å². The third kappa shape index (κ3) is 2.72. The summed E-state index contributed by atoms with van der Waals surface area (Å²) in [4.78, 5) is 36.5. The van der Waals surface area contributed by atoms with Crippen LogP contribution in [0.15, 0.2) is 48.5 Å². The van der Waals surface area contributed by atoms with Gasteiger partial charge in [0.05, 0.1) is 6.42 Å². The van der Waals surface area contributed by atoms with Crippen LogP contribution in [0.1, 0.15) is 22.3 Å². The summed E-state index contributed by atoms with van der Waals surface area (Å²) >= 11 is 5.79. The summed E-state index contributed by atoms with van der Waals surface area (Å²) in [5.41, 5.74) is -0.870. The van der Waals surface area contributed by atoms with E-state index in [1.807, 2.05) is 0 Å². The summed E-state index contributed by atoms with van der Waals surface area (Å²) in [5, 5.41) is 15.4. The number of anilines is 1. The van der Waals surface area contributed by atoms with Crippen molar-refractivity contribution in [1.29, 1.82) is 0 Å². The van der Waals surface area contributed by atoms with E-state index in [-0.39, 0.29) is 5.56 Å². The van der Waals surface area contributed by atoms with Crippen molar-refractivity contribution in [3.05, 3.63) is 64.7 Å². The molecule has 1 unspecified atom stereocenters. The summed E-state index contributed by atoms with van der Waals surface area (Å²) in [6.45, 7) is 0. The predicted octanol–water partition coefficient (Wildman–Crippen LogP) is 2.39. The van der Waals surface area contributed by atoms with Crippen LogP contribution in [0.2, 0.25) is 5.02 Å². The Balaban J connectivity index is 2.04. The number of carbonyl (C=O) groups excluding carboxylic acids is 2. The van der Waals surface area contributed by atoms with Crippen molar-refractivity contribution >= 4 is 35.1 Å². The highest BCUT2D eigenvalue weighted by molar-refractivity contribution is 6.30. The van der Waals surface area contributed by atoms with Crippen molar-refractivity contribution in [1.82, 2.24) is 5.32 Å². The minimum atomic E-state index is -1.82. The number of hydrogen-bond acceptors (Lipinski definition) is 3. The molecule has 0 aliphatic carbocycles. The van der Waals surface area contributed by atoms with Crippen LogP contribution >= 0.6 is 11.6 Å². The second kappa shape index (κ2) is 5.98. The number of para-hydroxylation sites is 1. The SMILES string of the molecule is O=C1CC(NC(=O)c2ccc(Cl)cc2)(C(=O)O)c2ccccc2N1. The number of fused-ring (bicyclic) bond motifs is 1. The lowest BCUT2D eigenvalue weighted by Gasteiger charge is -2.35. The van der Waals surface area contributed by atoms with Crippen molar-refractivity contribution in [2.45, 2.75) is 12.0 Å². The van der Waals surface area contributed by atoms with E-state index in [0.29, 0.717) is 16.3 Å². The summed E-state index contributed by atoms with van der Waals surface area (Å²) < 4.78 is 0. The van der Waals surface area contributed by atoms with Crippen LogP contribution in [0, 0.1) is 0 Å². The molecule has 24 heavy (non-hydrogen) atoms. The molecule has 2 amide bonds. The predicted molar refractivity (Wildman–Crippen MR) is 87.9 cm³/mol. The Labute approximate surface area is 142 Å². The Kier molecular flexibility index (Phi) is 3.99. The lowest BCUT2D eigenvalue weighted by Crippen LogP contribution is -2.55. The van der Waals surface area contributed by atoms with Crippen molar-refractivity contribution in [2.75, 3.05) is 5.32 Å². The molecule has 6 nitrogen and oxygen atoms in total. The fourth-order valence-electron chi connectivity index (χ4n) is 2.72. The first-order valence-electron chi connectivity index (χ1n) is 7.13. The lowest BCUT2D eigenvalue weighted by molar-refractivity contribution is -0.147. The molecular weight excluding hydrogens is 332 g/mol. The molecule has 2 aromatic rings. The number of benzene rings is 2. The molecule has 7 heteroatoms. The van der Waals surface area contributed by atoms with E-state index >= 15 is 0 Å². The molecule has 0 aromatic heterocycles. The zero-order chi connectivity index (χ0) is 17.3. The summed E-state index contributed by atoms with van der Waals surface area (Å²) in [5.74, 6) is -2.38. The molecule has 0 bridgehead atoms. The molecule has 1 aliphatic rings. The zero-order valence-corrected chi connectivity index (χ0v) is 13.1. The lowest BCUT2D eigenvalue weighted by atomic mass is 9.82. The molecule has 3 rings (SSSR count). The van der Waals surface area contributed by atoms with Crippen LogP contribution in [-0.2, 0) is 15.1 Å². The summed E-state index contributed by atoms with van der Waals surface area (Å²) in [6.07, 6.45) is -0.390. The van der Waals surface area contributed by atoms with Gasteiger partial charge in [0, 0.05) is 21.8 Å². The van der Waals surface area contributed by atoms with Crippen molar-refractivity contribution in [3.8, 4) is 0 Å². The fraction of sp³-hybridized carbons (Fsp3) is 0.118. The number of halogens is 1. The van der Waals surface area contributed by atoms with E-state index in [0.717, 1.165) is 0 Å². The average molecular weight is 345 g/mol. The van der Waals surface area contributed by atoms with Crippen LogP contribution in [-0.4, -0.2) is 22.9 Å². The molecular formula is C17H13ClN2O4. The van der Waals surface area contributed by atoms with Gasteiger partial charge in [-0.15, -0.1) is 0 Å². The maximum atomic E-state index is 12.5. The van der Waals surface area contributed by atoms with Crippen molar-refractivity contribution in [3.63, 3.8) is 0 Å². The highest BCUT2D eigenvalue weighted by Crippen LogP contribution is 2.36. The summed E-state index contributed by atoms with van der Waals surface area (Å²) in [7, 11) is 0. The van der Waals surface area contributed by atoms with Crippen LogP contribution in [0.4, 0.5) is 5.69 Å². The number of carboxylic acid groups (broad SMARTS) is 1. The number of hydrogen-bond donors (Lipinski definition) is 3. The smallest absolute Gasteiger partial charge is 0.334 e. The van der Waals surface area contributed by atoms with Gasteiger partial charge in [0.1, 0.15) is 0 Å². The van der Waals surface area contributed by atoms with E-state index in [2.05, 4.69) is 10.6 Å². The normalized spacial score (nSPS) is 19.1. The molecule has 0 fully saturated rings. The van der Waals surface area contributed by atoms with Gasteiger partial charge in [-0.3, -0.25) is 9.59 Å². The number of aliphatic carboxylic acids is 1. The number of carboxylic acids is 1. The van der Waals surface area contributed by atoms with Gasteiger partial charge in [-0.25, -0.2) is 4.79 Å². The maximum absolute atomic E-state index is 12.5. The van der Waals surface area contributed by atoms with Gasteiger partial charge in [-0.2, -0.15) is 0 Å². The van der Waals surface area contributed by atoms with E-state index in [1.165, 1.54) is 24.3 Å². The van der Waals surface area contributed by atoms with Gasteiger partial charge in [0.25, 0.3) is 5.91 Å². The first-order chi connectivity index (χ1) is 11.4. The fourth-order valence-corrected chi connectivity index (χ4v) is 2.84. The van der Waals surface area contributed by atoms with Gasteiger partial charge < -0.3 is 15.7 Å². The standard InChI is InChI=1S/C17H13ClN2O4/c18-11-7-5-10(6-8-11)15(22)20-17(16(23)24)9-14(21)19-13-4-2-1-3-12(13)17/h1-8H,9H2,(H,19,21)(H,20,22)(H,23,24). The Morgan fingerprint density at radius 2 is 1.79 bits per heavy atom. The van der Waals surface area contributed by atoms with E-state index in [4.69, 9.17) is 11.6 Å². The van der Waals surface area contributed by atoms with Gasteiger partial charge in [0.15, 0.2) is 5.54 Å². The monoisotopic (exact) mass is 344 g/mol. The van der Waals surface area contributed by atoms with Crippen molar-refractivity contribution < 1.29 is 19.5 Å². The number of carbonyl (C=O) groups is 3. The minimum Gasteiger partial charge on any atom is -0.479 e. The van der Waals surface area contributed by atoms with Gasteiger partial charge in [-0.1, -0.05) is 29.8 Å². The third-order valence-corrected chi connectivity index (χ3v) is 4.14. The highest BCUT2D eigenvalue weighted by Gasteiger charge is 2.48. The first-order valence-corrected chi connectivity index (χ1v) is 7.51. The molecule has 1 heterocycles. The Hall–Kier alpha value is -2.86. The Morgan fingerprint density at radius 1 is 1.12 bits per heavy atom. The molecule has 0 saturated heterocycles. The number of rotatable bonds is 3. The highest BCUT2D eigenvalue weighted by atomic mass is 35.5. The van der Waals surface area contributed by atoms with Crippen LogP contribution in [0.5, 0.6) is 0 Å². The molecule has 122 valence electrons. The Morgan fingerprint density at radius 3 is 2.46 bits per heavy atom. The average Bonchev–Trinajstić information content (AvgIpc) is 2.55. The molecule has 1 atom stereocenters. The van der Waals surface area contributed by atoms with Gasteiger partial charge >= 0.3 is 5.97 Å². The second-order valence-corrected chi connectivity index (χ2v) is 5.88. The molecule has 0 radical (unpaired) electrons. The van der Waals surface area contributed by atoms with Crippen LogP contribution in [0.3, 0.4) is 0 Å². The van der Waals surface area contributed by atoms with Gasteiger partial charge in [-0.05, 0) is 30.3 Å². The number of amides is 2. The molecule has 0 spiro atoms. The summed E-state index contributed by atoms with van der Waals surface area (Å²) in [6, 6.07) is 12.5. The molecule has 1 aliphatic heterocycles. The van der Waals surface area contributed by atoms with Gasteiger partial charge in [0.2, 0.25) is 5.91 Å².